The van der Waals surface area contributed by atoms with E-state index >= 15 is 0 Å². The van der Waals surface area contributed by atoms with Crippen LogP contribution in [0, 0.1) is 5.82 Å². The minimum atomic E-state index is -0.642. The van der Waals surface area contributed by atoms with Crippen molar-refractivity contribution < 1.29 is 18.4 Å². The molecule has 0 aliphatic carbocycles. The third-order valence-electron chi connectivity index (χ3n) is 4.71. The lowest BCUT2D eigenvalue weighted by atomic mass is 10.1. The van der Waals surface area contributed by atoms with Gasteiger partial charge in [0.05, 0.1) is 6.20 Å². The SMILES string of the molecule is CC(=O)c1cccc(NC(=O)C(Sc2ncc(-c3ccc(F)cc3)o2)c2ccccc2)c1. The molecule has 7 heteroatoms. The number of aromatic nitrogens is 1. The Morgan fingerprint density at radius 3 is 2.47 bits per heavy atom. The number of hydrogen-bond acceptors (Lipinski definition) is 5. The molecule has 1 heterocycles. The lowest BCUT2D eigenvalue weighted by Crippen LogP contribution is -2.19. The molecule has 0 fully saturated rings. The summed E-state index contributed by atoms with van der Waals surface area (Å²) < 4.78 is 19.0. The summed E-state index contributed by atoms with van der Waals surface area (Å²) in [6.07, 6.45) is 1.55. The summed E-state index contributed by atoms with van der Waals surface area (Å²) >= 11 is 1.17. The number of nitrogens with zero attached hydrogens (tertiary/aromatic N) is 1. The maximum Gasteiger partial charge on any atom is 0.257 e. The number of ketones is 1. The second-order valence-electron chi connectivity index (χ2n) is 7.03. The monoisotopic (exact) mass is 446 g/mol. The van der Waals surface area contributed by atoms with E-state index in [0.29, 0.717) is 27.8 Å². The van der Waals surface area contributed by atoms with Crippen molar-refractivity contribution in [1.29, 1.82) is 0 Å². The molecule has 5 nitrogen and oxygen atoms in total. The molecule has 1 atom stereocenters. The molecule has 0 saturated heterocycles. The Morgan fingerprint density at radius 1 is 1.00 bits per heavy atom. The highest BCUT2D eigenvalue weighted by atomic mass is 32.2. The molecule has 3 aromatic carbocycles. The fraction of sp³-hybridized carbons (Fsp3) is 0.0800. The first-order valence-corrected chi connectivity index (χ1v) is 10.7. The predicted molar refractivity (Wildman–Crippen MR) is 122 cm³/mol. The normalized spacial score (nSPS) is 11.7. The van der Waals surface area contributed by atoms with E-state index in [9.17, 15) is 14.0 Å². The molecular weight excluding hydrogens is 427 g/mol. The third-order valence-corrected chi connectivity index (χ3v) is 5.82. The molecule has 32 heavy (non-hydrogen) atoms. The van der Waals surface area contributed by atoms with E-state index < -0.39 is 5.25 Å². The average molecular weight is 447 g/mol. The Morgan fingerprint density at radius 2 is 1.75 bits per heavy atom. The Hall–Kier alpha value is -3.71. The lowest BCUT2D eigenvalue weighted by molar-refractivity contribution is -0.115. The molecule has 1 amide bonds. The van der Waals surface area contributed by atoms with E-state index in [1.165, 1.54) is 30.8 Å². The van der Waals surface area contributed by atoms with Gasteiger partial charge in [0, 0.05) is 16.8 Å². The zero-order chi connectivity index (χ0) is 22.5. The summed E-state index contributed by atoms with van der Waals surface area (Å²) in [5.74, 6) is -0.210. The number of oxazole rings is 1. The Bertz CT molecular complexity index is 1240. The molecule has 1 aromatic heterocycles. The molecule has 0 aliphatic rings. The number of carbonyl (C=O) groups is 2. The van der Waals surface area contributed by atoms with Crippen LogP contribution in [0.3, 0.4) is 0 Å². The maximum atomic E-state index is 13.2. The van der Waals surface area contributed by atoms with Crippen molar-refractivity contribution in [1.82, 2.24) is 4.98 Å². The van der Waals surface area contributed by atoms with Crippen molar-refractivity contribution in [3.63, 3.8) is 0 Å². The number of rotatable bonds is 7. The van der Waals surface area contributed by atoms with Gasteiger partial charge in [0.15, 0.2) is 11.5 Å². The number of anilines is 1. The van der Waals surface area contributed by atoms with E-state index in [2.05, 4.69) is 10.3 Å². The largest absolute Gasteiger partial charge is 0.431 e. The van der Waals surface area contributed by atoms with E-state index in [1.807, 2.05) is 30.3 Å². The molecule has 0 aliphatic heterocycles. The van der Waals surface area contributed by atoms with E-state index in [1.54, 1.807) is 42.6 Å². The molecule has 1 unspecified atom stereocenters. The summed E-state index contributed by atoms with van der Waals surface area (Å²) in [7, 11) is 0. The van der Waals surface area contributed by atoms with Gasteiger partial charge in [-0.3, -0.25) is 9.59 Å². The Labute approximate surface area is 188 Å². The van der Waals surface area contributed by atoms with Crippen LogP contribution in [0.25, 0.3) is 11.3 Å². The fourth-order valence-electron chi connectivity index (χ4n) is 3.09. The van der Waals surface area contributed by atoms with E-state index in [-0.39, 0.29) is 17.5 Å². The summed E-state index contributed by atoms with van der Waals surface area (Å²) in [5.41, 5.74) is 2.51. The van der Waals surface area contributed by atoms with Gasteiger partial charge in [-0.1, -0.05) is 42.5 Å². The number of halogens is 1. The molecule has 4 rings (SSSR count). The van der Waals surface area contributed by atoms with Gasteiger partial charge >= 0.3 is 0 Å². The van der Waals surface area contributed by atoms with Crippen LogP contribution < -0.4 is 5.32 Å². The summed E-state index contributed by atoms with van der Waals surface area (Å²) in [4.78, 5) is 29.1. The molecule has 0 saturated carbocycles. The topological polar surface area (TPSA) is 72.2 Å². The highest BCUT2D eigenvalue weighted by molar-refractivity contribution is 8.00. The van der Waals surface area contributed by atoms with Gasteiger partial charge in [0.2, 0.25) is 5.91 Å². The van der Waals surface area contributed by atoms with Crippen LogP contribution in [-0.4, -0.2) is 16.7 Å². The highest BCUT2D eigenvalue weighted by Crippen LogP contribution is 2.37. The van der Waals surface area contributed by atoms with E-state index in [0.717, 1.165) is 5.56 Å². The number of hydrogen-bond donors (Lipinski definition) is 1. The second kappa shape index (κ2) is 9.62. The average Bonchev–Trinajstić information content (AvgIpc) is 3.27. The summed E-state index contributed by atoms with van der Waals surface area (Å²) in [6.45, 7) is 1.48. The molecule has 160 valence electrons. The third kappa shape index (κ3) is 5.12. The lowest BCUT2D eigenvalue weighted by Gasteiger charge is -2.15. The van der Waals surface area contributed by atoms with Gasteiger partial charge < -0.3 is 9.73 Å². The van der Waals surface area contributed by atoms with Gasteiger partial charge in [-0.25, -0.2) is 9.37 Å². The number of thioether (sulfide) groups is 1. The number of benzene rings is 3. The smallest absolute Gasteiger partial charge is 0.257 e. The number of nitrogens with one attached hydrogen (secondary N) is 1. The van der Waals surface area contributed by atoms with Gasteiger partial charge in [0.25, 0.3) is 5.22 Å². The van der Waals surface area contributed by atoms with Crippen LogP contribution in [-0.2, 0) is 4.79 Å². The molecule has 4 aromatic rings. The first kappa shape index (κ1) is 21.5. The first-order chi connectivity index (χ1) is 15.5. The van der Waals surface area contributed by atoms with E-state index in [4.69, 9.17) is 4.42 Å². The minimum Gasteiger partial charge on any atom is -0.431 e. The Kier molecular flexibility index (Phi) is 6.47. The van der Waals surface area contributed by atoms with Gasteiger partial charge in [-0.15, -0.1) is 0 Å². The first-order valence-electron chi connectivity index (χ1n) is 9.85. The van der Waals surface area contributed by atoms with Crippen molar-refractivity contribution in [3.8, 4) is 11.3 Å². The van der Waals surface area contributed by atoms with Crippen molar-refractivity contribution in [3.05, 3.63) is 102 Å². The number of amides is 1. The van der Waals surface area contributed by atoms with Gasteiger partial charge in [0.1, 0.15) is 11.1 Å². The zero-order valence-electron chi connectivity index (χ0n) is 17.1. The summed E-state index contributed by atoms with van der Waals surface area (Å²) in [5, 5.41) is 2.55. The van der Waals surface area contributed by atoms with Crippen molar-refractivity contribution in [2.75, 3.05) is 5.32 Å². The van der Waals surface area contributed by atoms with Crippen LogP contribution in [0.5, 0.6) is 0 Å². The number of carbonyl (C=O) groups excluding carboxylic acids is 2. The molecule has 1 N–H and O–H groups in total. The van der Waals surface area contributed by atoms with Gasteiger partial charge in [-0.05, 0) is 60.6 Å². The maximum absolute atomic E-state index is 13.2. The Balaban J connectivity index is 1.58. The molecule has 0 radical (unpaired) electrons. The minimum absolute atomic E-state index is 0.0804. The quantitative estimate of drug-likeness (QED) is 0.272. The fourth-order valence-corrected chi connectivity index (χ4v) is 4.00. The second-order valence-corrected chi connectivity index (χ2v) is 8.09. The van der Waals surface area contributed by atoms with Crippen molar-refractivity contribution in [2.45, 2.75) is 17.4 Å². The van der Waals surface area contributed by atoms with Gasteiger partial charge in [-0.2, -0.15) is 0 Å². The van der Waals surface area contributed by atoms with Crippen molar-refractivity contribution >= 4 is 29.1 Å². The number of Topliss-reactive ketones (excluding diaryl/α,β-unsaturated/α-hetero) is 1. The van der Waals surface area contributed by atoms with Crippen LogP contribution in [0.4, 0.5) is 10.1 Å². The van der Waals surface area contributed by atoms with Crippen molar-refractivity contribution in [2.24, 2.45) is 0 Å². The highest BCUT2D eigenvalue weighted by Gasteiger charge is 2.25. The van der Waals surface area contributed by atoms with Crippen LogP contribution in [0.1, 0.15) is 28.1 Å². The molecular formula is C25H19FN2O3S. The predicted octanol–water partition coefficient (Wildman–Crippen LogP) is 6.16. The summed E-state index contributed by atoms with van der Waals surface area (Å²) in [6, 6.07) is 22.0. The standard InChI is InChI=1S/C25H19FN2O3S/c1-16(29)19-8-5-9-21(14-19)28-24(30)23(18-6-3-2-4-7-18)32-25-27-15-22(31-25)17-10-12-20(26)13-11-17/h2-15,23H,1H3,(H,28,30). The molecule has 0 spiro atoms. The van der Waals surface area contributed by atoms with Crippen LogP contribution in [0.15, 0.2) is 94.7 Å². The zero-order valence-corrected chi connectivity index (χ0v) is 17.9. The van der Waals surface area contributed by atoms with Crippen LogP contribution >= 0.6 is 11.8 Å². The molecule has 0 bridgehead atoms. The van der Waals surface area contributed by atoms with Crippen LogP contribution in [0.2, 0.25) is 0 Å².